The third-order valence-electron chi connectivity index (χ3n) is 10.2. The van der Waals surface area contributed by atoms with Crippen molar-refractivity contribution in [2.75, 3.05) is 0 Å². The van der Waals surface area contributed by atoms with Crippen molar-refractivity contribution in [3.05, 3.63) is 132 Å². The molecule has 4 nitrogen and oxygen atoms in total. The Hall–Kier alpha value is -4.83. The third kappa shape index (κ3) is 5.57. The van der Waals surface area contributed by atoms with Crippen LogP contribution in [0.3, 0.4) is 0 Å². The fraction of sp³-hybridized carbons (Fsp3) is 0.295. The average molecular weight is 634 g/mol. The fourth-order valence-electron chi connectivity index (χ4n) is 7.72. The van der Waals surface area contributed by atoms with Crippen molar-refractivity contribution in [1.82, 2.24) is 4.98 Å². The van der Waals surface area contributed by atoms with Crippen LogP contribution in [-0.2, 0) is 13.5 Å². The van der Waals surface area contributed by atoms with Gasteiger partial charge in [0, 0.05) is 46.3 Å². The van der Waals surface area contributed by atoms with E-state index >= 15 is 0 Å². The third-order valence-corrected chi connectivity index (χ3v) is 10.2. The molecule has 48 heavy (non-hydrogen) atoms. The first-order valence-electron chi connectivity index (χ1n) is 17.4. The maximum Gasteiger partial charge on any atom is 0.227 e. The SMILES string of the molecule is C=CC1C(CCc2ccc3c(oc4nc(C)ccc43)c2-c2cc(/C(C)=C/C(C)C)cc[n+]2C)c2cc(C(C)C)ccc2-c2cccc[n+]21. The van der Waals surface area contributed by atoms with Gasteiger partial charge in [0.25, 0.3) is 0 Å². The van der Waals surface area contributed by atoms with Crippen LogP contribution in [0.2, 0.25) is 0 Å². The topological polar surface area (TPSA) is 33.8 Å². The van der Waals surface area contributed by atoms with Gasteiger partial charge < -0.3 is 4.42 Å². The molecule has 0 aliphatic carbocycles. The van der Waals surface area contributed by atoms with Gasteiger partial charge in [0.15, 0.2) is 24.0 Å². The first-order chi connectivity index (χ1) is 23.1. The Bertz CT molecular complexity index is 2220. The molecule has 0 saturated heterocycles. The Kier molecular flexibility index (Phi) is 8.37. The average Bonchev–Trinajstić information content (AvgIpc) is 3.44. The minimum Gasteiger partial charge on any atom is -0.437 e. The molecule has 2 aromatic carbocycles. The number of hydrogen-bond acceptors (Lipinski definition) is 2. The monoisotopic (exact) mass is 633 g/mol. The van der Waals surface area contributed by atoms with Crippen molar-refractivity contribution in [3.63, 3.8) is 0 Å². The number of hydrogen-bond donors (Lipinski definition) is 0. The number of pyridine rings is 3. The van der Waals surface area contributed by atoms with Gasteiger partial charge >= 0.3 is 0 Å². The zero-order valence-electron chi connectivity index (χ0n) is 29.4. The molecule has 0 N–H and O–H groups in total. The largest absolute Gasteiger partial charge is 0.437 e. The molecule has 0 radical (unpaired) electrons. The molecule has 0 spiro atoms. The number of fused-ring (bicyclic) bond motifs is 6. The molecule has 0 bridgehead atoms. The van der Waals surface area contributed by atoms with E-state index < -0.39 is 0 Å². The van der Waals surface area contributed by atoms with Crippen molar-refractivity contribution >= 4 is 27.6 Å². The molecule has 2 atom stereocenters. The molecule has 1 aliphatic rings. The number of nitrogens with zero attached hydrogens (tertiary/aromatic N) is 3. The number of aryl methyl sites for hydroxylation is 3. The molecule has 2 unspecified atom stereocenters. The van der Waals surface area contributed by atoms with E-state index in [9.17, 15) is 0 Å². The molecule has 1 aliphatic heterocycles. The molecule has 0 saturated carbocycles. The van der Waals surface area contributed by atoms with Crippen molar-refractivity contribution in [2.24, 2.45) is 13.0 Å². The molecule has 6 aromatic rings. The van der Waals surface area contributed by atoms with Crippen LogP contribution in [0, 0.1) is 12.8 Å². The first-order valence-corrected chi connectivity index (χ1v) is 17.4. The first kappa shape index (κ1) is 31.8. The lowest BCUT2D eigenvalue weighted by Gasteiger charge is -2.30. The highest BCUT2D eigenvalue weighted by Crippen LogP contribution is 2.44. The van der Waals surface area contributed by atoms with Crippen LogP contribution in [0.5, 0.6) is 0 Å². The van der Waals surface area contributed by atoms with Gasteiger partial charge in [-0.3, -0.25) is 0 Å². The molecule has 242 valence electrons. The summed E-state index contributed by atoms with van der Waals surface area (Å²) >= 11 is 0. The van der Waals surface area contributed by atoms with Crippen LogP contribution in [0.15, 0.2) is 108 Å². The zero-order chi connectivity index (χ0) is 33.7. The second-order valence-electron chi connectivity index (χ2n) is 14.3. The lowest BCUT2D eigenvalue weighted by molar-refractivity contribution is -0.707. The number of furan rings is 1. The Morgan fingerprint density at radius 3 is 2.52 bits per heavy atom. The summed E-state index contributed by atoms with van der Waals surface area (Å²) in [6.45, 7) is 17.6. The lowest BCUT2D eigenvalue weighted by Crippen LogP contribution is -2.46. The predicted molar refractivity (Wildman–Crippen MR) is 198 cm³/mol. The highest BCUT2D eigenvalue weighted by Gasteiger charge is 2.38. The van der Waals surface area contributed by atoms with E-state index in [1.807, 2.05) is 6.92 Å². The lowest BCUT2D eigenvalue weighted by atomic mass is 9.78. The highest BCUT2D eigenvalue weighted by atomic mass is 16.3. The second kappa shape index (κ2) is 12.6. The quantitative estimate of drug-likeness (QED) is 0.123. The van der Waals surface area contributed by atoms with E-state index in [2.05, 4.69) is 155 Å². The molecule has 0 fully saturated rings. The van der Waals surface area contributed by atoms with Crippen LogP contribution in [0.25, 0.3) is 50.2 Å². The van der Waals surface area contributed by atoms with E-state index in [1.54, 1.807) is 0 Å². The number of rotatable bonds is 8. The van der Waals surface area contributed by atoms with Gasteiger partial charge in [-0.05, 0) is 96.7 Å². The zero-order valence-corrected chi connectivity index (χ0v) is 29.4. The number of aromatic nitrogens is 3. The maximum atomic E-state index is 6.70. The van der Waals surface area contributed by atoms with E-state index in [4.69, 9.17) is 9.40 Å². The Morgan fingerprint density at radius 1 is 0.938 bits per heavy atom. The summed E-state index contributed by atoms with van der Waals surface area (Å²) < 4.78 is 11.4. The van der Waals surface area contributed by atoms with Gasteiger partial charge in [0.05, 0.1) is 11.5 Å². The summed E-state index contributed by atoms with van der Waals surface area (Å²) in [6, 6.07) is 27.1. The van der Waals surface area contributed by atoms with E-state index in [1.165, 1.54) is 39.1 Å². The minimum atomic E-state index is 0.157. The van der Waals surface area contributed by atoms with E-state index in [-0.39, 0.29) is 12.0 Å². The molecule has 4 heteroatoms. The van der Waals surface area contributed by atoms with Crippen molar-refractivity contribution in [3.8, 4) is 22.5 Å². The predicted octanol–water partition coefficient (Wildman–Crippen LogP) is 10.4. The summed E-state index contributed by atoms with van der Waals surface area (Å²) in [7, 11) is 2.14. The van der Waals surface area contributed by atoms with Crippen LogP contribution in [0.4, 0.5) is 0 Å². The number of allylic oxidation sites excluding steroid dienone is 3. The molecule has 4 aromatic heterocycles. The Labute approximate surface area is 285 Å². The number of benzene rings is 2. The van der Waals surface area contributed by atoms with Crippen LogP contribution < -0.4 is 9.13 Å². The van der Waals surface area contributed by atoms with Gasteiger partial charge in [-0.2, -0.15) is 4.57 Å². The van der Waals surface area contributed by atoms with Gasteiger partial charge in [0.1, 0.15) is 7.05 Å². The van der Waals surface area contributed by atoms with Gasteiger partial charge in [-0.15, -0.1) is 0 Å². The van der Waals surface area contributed by atoms with Gasteiger partial charge in [0.2, 0.25) is 17.1 Å². The van der Waals surface area contributed by atoms with Crippen LogP contribution in [0.1, 0.15) is 86.9 Å². The molecule has 5 heterocycles. The molecular formula is C44H47N3O+2. The summed E-state index contributed by atoms with van der Waals surface area (Å²) in [5, 5.41) is 2.16. The van der Waals surface area contributed by atoms with Crippen LogP contribution >= 0.6 is 0 Å². The summed E-state index contributed by atoms with van der Waals surface area (Å²) in [5.41, 5.74) is 14.0. The van der Waals surface area contributed by atoms with Gasteiger partial charge in [-0.25, -0.2) is 9.55 Å². The standard InChI is InChI=1S/C44H47N3O/c1-9-39-34(38-25-32(28(4)5)16-19-35(38)40-12-10-11-22-47(39)40)18-14-31-15-20-36-37-17-13-30(7)45-44(37)48-43(36)42(31)41-26-33(21-23-46(41)8)29(6)24-27(2)3/h9-13,15-17,19-28,34,39H,1,14,18H2,2-8H3/q+2/b29-24+. The molecule has 0 amide bonds. The second-order valence-corrected chi connectivity index (χ2v) is 14.3. The van der Waals surface area contributed by atoms with Crippen molar-refractivity contribution in [2.45, 2.75) is 72.3 Å². The Morgan fingerprint density at radius 2 is 1.75 bits per heavy atom. The van der Waals surface area contributed by atoms with E-state index in [0.29, 0.717) is 17.5 Å². The summed E-state index contributed by atoms with van der Waals surface area (Å²) in [5.74, 6) is 1.21. The summed E-state index contributed by atoms with van der Waals surface area (Å²) in [4.78, 5) is 4.79. The maximum absolute atomic E-state index is 6.70. The molecule has 7 rings (SSSR count). The minimum absolute atomic E-state index is 0.157. The van der Waals surface area contributed by atoms with Crippen molar-refractivity contribution < 1.29 is 13.6 Å². The van der Waals surface area contributed by atoms with E-state index in [0.717, 1.165) is 46.1 Å². The molecular weight excluding hydrogens is 587 g/mol. The van der Waals surface area contributed by atoms with Crippen molar-refractivity contribution in [1.29, 1.82) is 0 Å². The fourth-order valence-corrected chi connectivity index (χ4v) is 7.72. The highest BCUT2D eigenvalue weighted by molar-refractivity contribution is 6.08. The van der Waals surface area contributed by atoms with Gasteiger partial charge in [-0.1, -0.05) is 64.6 Å². The Balaban J connectivity index is 1.40. The normalized spacial score (nSPS) is 16.1. The summed E-state index contributed by atoms with van der Waals surface area (Å²) in [6.07, 6.45) is 10.7. The smallest absolute Gasteiger partial charge is 0.227 e. The van der Waals surface area contributed by atoms with Crippen LogP contribution in [-0.4, -0.2) is 4.98 Å².